The molecule has 0 aliphatic carbocycles. The number of piperidine rings is 1. The van der Waals surface area contributed by atoms with Crippen molar-refractivity contribution in [3.63, 3.8) is 0 Å². The quantitative estimate of drug-likeness (QED) is 0.240. The Kier molecular flexibility index (Phi) is 8.34. The fourth-order valence-electron chi connectivity index (χ4n) is 6.57. The number of benzene rings is 1. The molecule has 47 heavy (non-hydrogen) atoms. The Morgan fingerprint density at radius 2 is 1.79 bits per heavy atom. The van der Waals surface area contributed by atoms with Gasteiger partial charge in [0.1, 0.15) is 39.7 Å². The normalized spacial score (nSPS) is 17.0. The van der Waals surface area contributed by atoms with Crippen molar-refractivity contribution in [3.8, 4) is 28.5 Å². The minimum Gasteiger partial charge on any atom is -0.391 e. The zero-order chi connectivity index (χ0) is 32.7. The van der Waals surface area contributed by atoms with E-state index in [1.807, 2.05) is 45.6 Å². The Balaban J connectivity index is 1.11. The third kappa shape index (κ3) is 5.92. The number of amides is 1. The maximum atomic E-state index is 13.6. The van der Waals surface area contributed by atoms with Crippen LogP contribution in [0.3, 0.4) is 0 Å². The lowest BCUT2D eigenvalue weighted by molar-refractivity contribution is -0.135. The zero-order valence-corrected chi connectivity index (χ0v) is 27.1. The van der Waals surface area contributed by atoms with Gasteiger partial charge in [0.15, 0.2) is 5.13 Å². The summed E-state index contributed by atoms with van der Waals surface area (Å²) in [6.45, 7) is 4.70. The van der Waals surface area contributed by atoms with Gasteiger partial charge in [-0.2, -0.15) is 5.26 Å². The van der Waals surface area contributed by atoms with E-state index in [0.29, 0.717) is 47.2 Å². The topological polar surface area (TPSA) is 114 Å². The first-order valence-electron chi connectivity index (χ1n) is 15.9. The largest absolute Gasteiger partial charge is 0.391 e. The minimum absolute atomic E-state index is 0.00318. The SMILES string of the molecule is CCc1nc2ccc(-c3ccc(N4CCC(C(=O)N5CCC(O)C5)CC4)nc3)cn2c1N(C)c1nc(-c2ccc(F)cc2)c(C#N)s1. The summed E-state index contributed by atoms with van der Waals surface area (Å²) in [5.74, 6) is 1.58. The summed E-state index contributed by atoms with van der Waals surface area (Å²) < 4.78 is 15.6. The van der Waals surface area contributed by atoms with E-state index in [9.17, 15) is 19.6 Å². The number of imidazole rings is 1. The lowest BCUT2D eigenvalue weighted by atomic mass is 9.95. The average Bonchev–Trinajstić information content (AvgIpc) is 3.84. The Labute approximate surface area is 276 Å². The van der Waals surface area contributed by atoms with E-state index in [1.54, 1.807) is 12.1 Å². The number of β-amino-alcohol motifs (C(OH)–C–C–N with tert-alkyl or cyclic N) is 1. The number of halogens is 1. The standard InChI is InChI=1S/C35H35FN8O2S/c1-3-28-33(41(2)35-40-32(29(18-37)47-35)22-4-8-26(36)9-5-22)44-20-25(7-11-31(44)39-28)24-6-10-30(38-19-24)42-15-12-23(13-16-42)34(46)43-17-14-27(45)21-43/h4-11,19-20,23,27,45H,3,12-17,21H2,1-2H3. The van der Waals surface area contributed by atoms with Crippen LogP contribution in [0.25, 0.3) is 28.0 Å². The van der Waals surface area contributed by atoms with Crippen LogP contribution in [0.2, 0.25) is 0 Å². The van der Waals surface area contributed by atoms with Crippen molar-refractivity contribution in [3.05, 3.63) is 77.3 Å². The van der Waals surface area contributed by atoms with Gasteiger partial charge in [-0.1, -0.05) is 18.3 Å². The number of aromatic nitrogens is 4. The Hall–Kier alpha value is -4.86. The van der Waals surface area contributed by atoms with Gasteiger partial charge in [0.05, 0.1) is 11.8 Å². The van der Waals surface area contributed by atoms with Crippen LogP contribution in [0.1, 0.15) is 36.8 Å². The number of carbonyl (C=O) groups is 1. The lowest BCUT2D eigenvalue weighted by Gasteiger charge is -2.33. The van der Waals surface area contributed by atoms with Crippen LogP contribution >= 0.6 is 11.3 Å². The van der Waals surface area contributed by atoms with E-state index in [-0.39, 0.29) is 17.6 Å². The maximum absolute atomic E-state index is 13.6. The van der Waals surface area contributed by atoms with E-state index < -0.39 is 6.10 Å². The summed E-state index contributed by atoms with van der Waals surface area (Å²) in [7, 11) is 1.92. The van der Waals surface area contributed by atoms with Crippen molar-refractivity contribution >= 4 is 39.7 Å². The number of aliphatic hydroxyl groups excluding tert-OH is 1. The van der Waals surface area contributed by atoms with Crippen LogP contribution in [-0.2, 0) is 11.2 Å². The van der Waals surface area contributed by atoms with E-state index in [4.69, 9.17) is 15.0 Å². The summed E-state index contributed by atoms with van der Waals surface area (Å²) in [4.78, 5) is 33.8. The fraction of sp³-hybridized carbons (Fsp3) is 0.343. The molecule has 0 bridgehead atoms. The smallest absolute Gasteiger partial charge is 0.225 e. The molecule has 240 valence electrons. The number of anilines is 3. The third-order valence-electron chi connectivity index (χ3n) is 9.16. The predicted octanol–water partition coefficient (Wildman–Crippen LogP) is 5.67. The summed E-state index contributed by atoms with van der Waals surface area (Å²) in [5.41, 5.74) is 4.86. The number of fused-ring (bicyclic) bond motifs is 1. The van der Waals surface area contributed by atoms with Crippen molar-refractivity contribution in [2.45, 2.75) is 38.7 Å². The molecular weight excluding hydrogens is 616 g/mol. The number of carbonyl (C=O) groups excluding carboxylic acids is 1. The molecule has 1 atom stereocenters. The summed E-state index contributed by atoms with van der Waals surface area (Å²) >= 11 is 1.29. The molecule has 1 unspecified atom stereocenters. The second kappa shape index (κ2) is 12.7. The number of likely N-dealkylation sites (tertiary alicyclic amines) is 1. The summed E-state index contributed by atoms with van der Waals surface area (Å²) in [5, 5.41) is 20.3. The number of nitrogens with zero attached hydrogens (tertiary/aromatic N) is 8. The molecule has 5 aromatic rings. The van der Waals surface area contributed by atoms with Crippen LogP contribution in [0.15, 0.2) is 60.9 Å². The number of aliphatic hydroxyl groups is 1. The number of hydrogen-bond donors (Lipinski definition) is 1. The first-order valence-corrected chi connectivity index (χ1v) is 16.7. The molecule has 6 heterocycles. The third-order valence-corrected chi connectivity index (χ3v) is 10.2. The van der Waals surface area contributed by atoms with Gasteiger partial charge in [0, 0.05) is 68.2 Å². The van der Waals surface area contributed by atoms with Crippen molar-refractivity contribution in [2.75, 3.05) is 43.0 Å². The van der Waals surface area contributed by atoms with Crippen LogP contribution < -0.4 is 9.80 Å². The van der Waals surface area contributed by atoms with Gasteiger partial charge < -0.3 is 19.8 Å². The number of pyridine rings is 2. The van der Waals surface area contributed by atoms with Crippen LogP contribution in [-0.4, -0.2) is 74.6 Å². The number of nitriles is 1. The van der Waals surface area contributed by atoms with Crippen molar-refractivity contribution in [1.29, 1.82) is 5.26 Å². The zero-order valence-electron chi connectivity index (χ0n) is 26.3. The van der Waals surface area contributed by atoms with Crippen LogP contribution in [0, 0.1) is 23.1 Å². The second-order valence-corrected chi connectivity index (χ2v) is 13.1. The first-order chi connectivity index (χ1) is 22.8. The molecule has 2 aliphatic heterocycles. The van der Waals surface area contributed by atoms with E-state index in [0.717, 1.165) is 60.0 Å². The van der Waals surface area contributed by atoms with Gasteiger partial charge in [-0.3, -0.25) is 9.20 Å². The molecule has 0 saturated carbocycles. The Morgan fingerprint density at radius 3 is 2.45 bits per heavy atom. The maximum Gasteiger partial charge on any atom is 0.225 e. The Bertz CT molecular complexity index is 1960. The van der Waals surface area contributed by atoms with E-state index in [1.165, 1.54) is 23.5 Å². The van der Waals surface area contributed by atoms with Crippen molar-refractivity contribution in [1.82, 2.24) is 24.3 Å². The monoisotopic (exact) mass is 650 g/mol. The molecule has 7 rings (SSSR count). The van der Waals surface area contributed by atoms with E-state index in [2.05, 4.69) is 30.2 Å². The number of rotatable bonds is 7. The molecule has 1 aromatic carbocycles. The predicted molar refractivity (Wildman–Crippen MR) is 180 cm³/mol. The van der Waals surface area contributed by atoms with Crippen molar-refractivity contribution < 1.29 is 14.3 Å². The number of aryl methyl sites for hydroxylation is 1. The summed E-state index contributed by atoms with van der Waals surface area (Å²) in [6, 6.07) is 16.4. The Morgan fingerprint density at radius 1 is 1.04 bits per heavy atom. The number of hydrogen-bond acceptors (Lipinski definition) is 9. The molecule has 10 nitrogen and oxygen atoms in total. The molecule has 2 aliphatic rings. The van der Waals surface area contributed by atoms with Crippen LogP contribution in [0.4, 0.5) is 21.2 Å². The molecule has 1 amide bonds. The molecule has 1 N–H and O–H groups in total. The lowest BCUT2D eigenvalue weighted by Crippen LogP contribution is -2.42. The molecule has 2 fully saturated rings. The highest BCUT2D eigenvalue weighted by Gasteiger charge is 2.32. The van der Waals surface area contributed by atoms with Gasteiger partial charge in [-0.15, -0.1) is 0 Å². The highest BCUT2D eigenvalue weighted by atomic mass is 32.1. The minimum atomic E-state index is -0.393. The van der Waals surface area contributed by atoms with Gasteiger partial charge >= 0.3 is 0 Å². The fourth-order valence-corrected chi connectivity index (χ4v) is 7.41. The van der Waals surface area contributed by atoms with Gasteiger partial charge in [-0.25, -0.2) is 19.3 Å². The van der Waals surface area contributed by atoms with Crippen LogP contribution in [0.5, 0.6) is 0 Å². The molecule has 0 radical (unpaired) electrons. The molecule has 2 saturated heterocycles. The average molecular weight is 651 g/mol. The molecular formula is C35H35FN8O2S. The van der Waals surface area contributed by atoms with Crippen molar-refractivity contribution in [2.24, 2.45) is 5.92 Å². The first kappa shape index (κ1) is 30.8. The second-order valence-electron chi connectivity index (χ2n) is 12.1. The molecule has 4 aromatic heterocycles. The molecule has 0 spiro atoms. The van der Waals surface area contributed by atoms with Gasteiger partial charge in [0.2, 0.25) is 5.91 Å². The van der Waals surface area contributed by atoms with E-state index >= 15 is 0 Å². The summed E-state index contributed by atoms with van der Waals surface area (Å²) in [6.07, 6.45) is 6.48. The highest BCUT2D eigenvalue weighted by molar-refractivity contribution is 7.16. The van der Waals surface area contributed by atoms with Gasteiger partial charge in [0.25, 0.3) is 0 Å². The highest BCUT2D eigenvalue weighted by Crippen LogP contribution is 2.37. The molecule has 12 heteroatoms. The number of thiazole rings is 1. The van der Waals surface area contributed by atoms with Gasteiger partial charge in [-0.05, 0) is 74.2 Å².